The van der Waals surface area contributed by atoms with Crippen LogP contribution in [0.15, 0.2) is 18.2 Å². The van der Waals surface area contributed by atoms with Crippen LogP contribution in [-0.2, 0) is 0 Å². The highest BCUT2D eigenvalue weighted by atomic mass is 16.5. The normalized spacial score (nSPS) is 15.0. The first kappa shape index (κ1) is 15.0. The average Bonchev–Trinajstić information content (AvgIpc) is 3.27. The summed E-state index contributed by atoms with van der Waals surface area (Å²) in [7, 11) is 3.28. The van der Waals surface area contributed by atoms with Gasteiger partial charge in [-0.15, -0.1) is 0 Å². The van der Waals surface area contributed by atoms with Crippen molar-refractivity contribution in [2.75, 3.05) is 27.4 Å². The molecule has 0 amide bonds. The Morgan fingerprint density at radius 2 is 1.75 bits per heavy atom. The Labute approximate surface area is 121 Å². The zero-order valence-corrected chi connectivity index (χ0v) is 12.9. The van der Waals surface area contributed by atoms with Gasteiger partial charge in [-0.3, -0.25) is 0 Å². The van der Waals surface area contributed by atoms with E-state index in [9.17, 15) is 0 Å². The van der Waals surface area contributed by atoms with E-state index in [1.807, 2.05) is 18.2 Å². The van der Waals surface area contributed by atoms with Crippen LogP contribution < -0.4 is 19.5 Å². The predicted molar refractivity (Wildman–Crippen MR) is 79.8 cm³/mol. The van der Waals surface area contributed by atoms with Crippen LogP contribution in [0, 0.1) is 5.41 Å². The number of para-hydroxylation sites is 1. The molecule has 0 bridgehead atoms. The van der Waals surface area contributed by atoms with Crippen molar-refractivity contribution >= 4 is 0 Å². The fourth-order valence-corrected chi connectivity index (χ4v) is 1.99. The molecule has 0 aromatic heterocycles. The van der Waals surface area contributed by atoms with Crippen molar-refractivity contribution < 1.29 is 14.2 Å². The summed E-state index contributed by atoms with van der Waals surface area (Å²) >= 11 is 0. The van der Waals surface area contributed by atoms with Crippen LogP contribution in [0.4, 0.5) is 0 Å². The largest absolute Gasteiger partial charge is 0.493 e. The Hall–Kier alpha value is -1.42. The highest BCUT2D eigenvalue weighted by molar-refractivity contribution is 5.51. The molecule has 1 fully saturated rings. The van der Waals surface area contributed by atoms with E-state index in [1.165, 1.54) is 12.8 Å². The number of hydrogen-bond donors (Lipinski definition) is 1. The van der Waals surface area contributed by atoms with Crippen molar-refractivity contribution in [3.05, 3.63) is 18.2 Å². The Balaban J connectivity index is 1.97. The topological polar surface area (TPSA) is 39.7 Å². The number of ether oxygens (including phenoxy) is 3. The van der Waals surface area contributed by atoms with Crippen molar-refractivity contribution in [1.82, 2.24) is 5.32 Å². The molecular formula is C16H25NO3. The average molecular weight is 279 g/mol. The lowest BCUT2D eigenvalue weighted by molar-refractivity contribution is 0.166. The number of rotatable bonds is 8. The SMILES string of the molecule is COc1cccc(OC)c1OCC(C)(C)CNC1CC1. The maximum absolute atomic E-state index is 5.98. The molecule has 0 radical (unpaired) electrons. The molecule has 20 heavy (non-hydrogen) atoms. The van der Waals surface area contributed by atoms with E-state index in [0.717, 1.165) is 12.6 Å². The number of benzene rings is 1. The van der Waals surface area contributed by atoms with Crippen molar-refractivity contribution in [3.8, 4) is 17.2 Å². The van der Waals surface area contributed by atoms with Gasteiger partial charge in [0.1, 0.15) is 0 Å². The first-order valence-electron chi connectivity index (χ1n) is 7.13. The molecule has 1 saturated carbocycles. The molecule has 1 N–H and O–H groups in total. The van der Waals surface area contributed by atoms with E-state index in [4.69, 9.17) is 14.2 Å². The van der Waals surface area contributed by atoms with Gasteiger partial charge in [-0.25, -0.2) is 0 Å². The third kappa shape index (κ3) is 4.04. The van der Waals surface area contributed by atoms with Crippen LogP contribution >= 0.6 is 0 Å². The molecule has 1 aromatic carbocycles. The standard InChI is InChI=1S/C16H25NO3/c1-16(2,10-17-12-8-9-12)11-20-15-13(18-3)6-5-7-14(15)19-4/h5-7,12,17H,8-11H2,1-4H3. The summed E-state index contributed by atoms with van der Waals surface area (Å²) in [5, 5.41) is 3.55. The molecule has 1 aromatic rings. The fraction of sp³-hybridized carbons (Fsp3) is 0.625. The summed E-state index contributed by atoms with van der Waals surface area (Å²) in [6.07, 6.45) is 2.61. The predicted octanol–water partition coefficient (Wildman–Crippen LogP) is 2.86. The quantitative estimate of drug-likeness (QED) is 0.794. The maximum atomic E-state index is 5.98. The Kier molecular flexibility index (Phi) is 4.76. The second kappa shape index (κ2) is 6.35. The molecule has 4 nitrogen and oxygen atoms in total. The fourth-order valence-electron chi connectivity index (χ4n) is 1.99. The van der Waals surface area contributed by atoms with Gasteiger partial charge < -0.3 is 19.5 Å². The molecule has 1 aliphatic rings. The zero-order valence-electron chi connectivity index (χ0n) is 12.9. The van der Waals surface area contributed by atoms with E-state index in [0.29, 0.717) is 23.9 Å². The molecule has 0 saturated heterocycles. The highest BCUT2D eigenvalue weighted by Crippen LogP contribution is 2.37. The lowest BCUT2D eigenvalue weighted by Crippen LogP contribution is -2.35. The van der Waals surface area contributed by atoms with Crippen LogP contribution in [0.3, 0.4) is 0 Å². The molecule has 0 heterocycles. The van der Waals surface area contributed by atoms with E-state index < -0.39 is 0 Å². The lowest BCUT2D eigenvalue weighted by atomic mass is 9.95. The van der Waals surface area contributed by atoms with Crippen LogP contribution in [-0.4, -0.2) is 33.4 Å². The molecule has 0 unspecified atom stereocenters. The van der Waals surface area contributed by atoms with E-state index in [2.05, 4.69) is 19.2 Å². The summed E-state index contributed by atoms with van der Waals surface area (Å²) < 4.78 is 16.7. The van der Waals surface area contributed by atoms with Crippen LogP contribution in [0.5, 0.6) is 17.2 Å². The molecule has 1 aliphatic carbocycles. The van der Waals surface area contributed by atoms with Gasteiger partial charge in [0.2, 0.25) is 5.75 Å². The second-order valence-electron chi connectivity index (χ2n) is 6.10. The molecular weight excluding hydrogens is 254 g/mol. The summed E-state index contributed by atoms with van der Waals surface area (Å²) in [5.74, 6) is 2.09. The van der Waals surface area contributed by atoms with Crippen molar-refractivity contribution in [3.63, 3.8) is 0 Å². The Morgan fingerprint density at radius 1 is 1.15 bits per heavy atom. The van der Waals surface area contributed by atoms with Crippen molar-refractivity contribution in [1.29, 1.82) is 0 Å². The van der Waals surface area contributed by atoms with E-state index in [-0.39, 0.29) is 5.41 Å². The van der Waals surface area contributed by atoms with Gasteiger partial charge in [0.05, 0.1) is 20.8 Å². The zero-order chi connectivity index (χ0) is 14.6. The lowest BCUT2D eigenvalue weighted by Gasteiger charge is -2.26. The molecule has 0 aliphatic heterocycles. The first-order valence-corrected chi connectivity index (χ1v) is 7.13. The molecule has 0 spiro atoms. The van der Waals surface area contributed by atoms with Crippen LogP contribution in [0.1, 0.15) is 26.7 Å². The smallest absolute Gasteiger partial charge is 0.203 e. The number of nitrogens with one attached hydrogen (secondary N) is 1. The van der Waals surface area contributed by atoms with Gasteiger partial charge in [0.25, 0.3) is 0 Å². The van der Waals surface area contributed by atoms with Crippen LogP contribution in [0.25, 0.3) is 0 Å². The molecule has 2 rings (SSSR count). The minimum absolute atomic E-state index is 0.0639. The van der Waals surface area contributed by atoms with Gasteiger partial charge in [0.15, 0.2) is 11.5 Å². The Bertz CT molecular complexity index is 419. The van der Waals surface area contributed by atoms with Gasteiger partial charge in [-0.2, -0.15) is 0 Å². The monoisotopic (exact) mass is 279 g/mol. The first-order chi connectivity index (χ1) is 9.55. The van der Waals surface area contributed by atoms with Crippen molar-refractivity contribution in [2.24, 2.45) is 5.41 Å². The highest BCUT2D eigenvalue weighted by Gasteiger charge is 2.26. The van der Waals surface area contributed by atoms with E-state index >= 15 is 0 Å². The number of hydrogen-bond acceptors (Lipinski definition) is 4. The minimum Gasteiger partial charge on any atom is -0.493 e. The van der Waals surface area contributed by atoms with Gasteiger partial charge in [0, 0.05) is 18.0 Å². The minimum atomic E-state index is 0.0639. The Morgan fingerprint density at radius 3 is 2.25 bits per heavy atom. The van der Waals surface area contributed by atoms with Gasteiger partial charge in [-0.05, 0) is 25.0 Å². The summed E-state index contributed by atoms with van der Waals surface area (Å²) in [5.41, 5.74) is 0.0639. The molecule has 0 atom stereocenters. The maximum Gasteiger partial charge on any atom is 0.203 e. The third-order valence-electron chi connectivity index (χ3n) is 3.44. The molecule has 4 heteroatoms. The third-order valence-corrected chi connectivity index (χ3v) is 3.44. The summed E-state index contributed by atoms with van der Waals surface area (Å²) in [4.78, 5) is 0. The van der Waals surface area contributed by atoms with Gasteiger partial charge >= 0.3 is 0 Å². The number of methoxy groups -OCH3 is 2. The van der Waals surface area contributed by atoms with E-state index in [1.54, 1.807) is 14.2 Å². The summed E-state index contributed by atoms with van der Waals surface area (Å²) in [6, 6.07) is 6.38. The van der Waals surface area contributed by atoms with Crippen LogP contribution in [0.2, 0.25) is 0 Å². The molecule has 112 valence electrons. The summed E-state index contributed by atoms with van der Waals surface area (Å²) in [6.45, 7) is 5.97. The van der Waals surface area contributed by atoms with Crippen molar-refractivity contribution in [2.45, 2.75) is 32.7 Å². The van der Waals surface area contributed by atoms with Gasteiger partial charge in [-0.1, -0.05) is 19.9 Å². The second-order valence-corrected chi connectivity index (χ2v) is 6.10.